The second-order valence-electron chi connectivity index (χ2n) is 6.81. The van der Waals surface area contributed by atoms with E-state index in [0.717, 1.165) is 5.75 Å². The quantitative estimate of drug-likeness (QED) is 0.595. The Morgan fingerprint density at radius 2 is 1.75 bits per heavy atom. The van der Waals surface area contributed by atoms with Crippen molar-refractivity contribution >= 4 is 23.6 Å². The van der Waals surface area contributed by atoms with Crippen LogP contribution in [-0.2, 0) is 9.59 Å². The van der Waals surface area contributed by atoms with Crippen LogP contribution in [0.2, 0.25) is 0 Å². The van der Waals surface area contributed by atoms with Crippen LogP contribution in [0.1, 0.15) is 41.0 Å². The maximum Gasteiger partial charge on any atom is 0.326 e. The summed E-state index contributed by atoms with van der Waals surface area (Å²) in [6, 6.07) is -0.902. The first kappa shape index (κ1) is 19.2. The largest absolute Gasteiger partial charge is 0.480 e. The molecule has 0 spiro atoms. The fourth-order valence-corrected chi connectivity index (χ4v) is 2.42. The number of hydrogen-bond acceptors (Lipinski definition) is 4. The van der Waals surface area contributed by atoms with Crippen LogP contribution in [0.15, 0.2) is 0 Å². The fraction of sp³-hybridized carbons (Fsp3) is 0.857. The molecule has 118 valence electrons. The molecule has 0 saturated carbocycles. The van der Waals surface area contributed by atoms with Gasteiger partial charge in [-0.25, -0.2) is 4.79 Å². The van der Waals surface area contributed by atoms with Gasteiger partial charge in [0.05, 0.1) is 12.0 Å². The molecule has 0 aliphatic carbocycles. The second-order valence-corrected chi connectivity index (χ2v) is 7.91. The Morgan fingerprint density at radius 1 is 1.20 bits per heavy atom. The van der Waals surface area contributed by atoms with E-state index in [9.17, 15) is 9.59 Å². The number of carboxylic acid groups (broad SMARTS) is 1. The summed E-state index contributed by atoms with van der Waals surface area (Å²) in [7, 11) is 0. The zero-order chi connectivity index (χ0) is 16.0. The van der Waals surface area contributed by atoms with Crippen LogP contribution in [-0.4, -0.2) is 46.2 Å². The summed E-state index contributed by atoms with van der Waals surface area (Å²) in [5.74, 6) is 0.139. The standard InChI is InChI=1S/C14H27NO4S/c1-13(2,3)9-20-7-6-10(11(17)18)15-12(19)14(4,5)8-16/h10,16H,6-9H2,1-5H3,(H,15,19)(H,17,18). The molecule has 1 unspecified atom stereocenters. The molecule has 5 nitrogen and oxygen atoms in total. The van der Waals surface area contributed by atoms with Crippen LogP contribution in [0.3, 0.4) is 0 Å². The maximum absolute atomic E-state index is 11.9. The number of amides is 1. The number of carboxylic acids is 1. The Hall–Kier alpha value is -0.750. The Kier molecular flexibility index (Phi) is 7.59. The lowest BCUT2D eigenvalue weighted by molar-refractivity contribution is -0.144. The normalized spacial score (nSPS) is 13.9. The van der Waals surface area contributed by atoms with Gasteiger partial charge < -0.3 is 15.5 Å². The van der Waals surface area contributed by atoms with Crippen molar-refractivity contribution in [3.05, 3.63) is 0 Å². The van der Waals surface area contributed by atoms with Crippen LogP contribution in [0.5, 0.6) is 0 Å². The highest BCUT2D eigenvalue weighted by Gasteiger charge is 2.30. The van der Waals surface area contributed by atoms with Crippen molar-refractivity contribution in [3.8, 4) is 0 Å². The van der Waals surface area contributed by atoms with Gasteiger partial charge >= 0.3 is 5.97 Å². The Morgan fingerprint density at radius 3 is 2.15 bits per heavy atom. The predicted molar refractivity (Wildman–Crippen MR) is 81.8 cm³/mol. The Bertz CT molecular complexity index is 337. The van der Waals surface area contributed by atoms with E-state index >= 15 is 0 Å². The molecule has 20 heavy (non-hydrogen) atoms. The molecule has 0 fully saturated rings. The van der Waals surface area contributed by atoms with E-state index in [0.29, 0.717) is 12.2 Å². The van der Waals surface area contributed by atoms with Crippen molar-refractivity contribution in [1.29, 1.82) is 0 Å². The molecule has 0 rings (SSSR count). The van der Waals surface area contributed by atoms with E-state index < -0.39 is 23.3 Å². The van der Waals surface area contributed by atoms with Crippen molar-refractivity contribution in [3.63, 3.8) is 0 Å². The molecule has 1 atom stereocenters. The van der Waals surface area contributed by atoms with E-state index in [2.05, 4.69) is 26.1 Å². The van der Waals surface area contributed by atoms with E-state index in [1.807, 2.05) is 0 Å². The average Bonchev–Trinajstić information content (AvgIpc) is 2.31. The van der Waals surface area contributed by atoms with Gasteiger partial charge in [-0.1, -0.05) is 20.8 Å². The minimum Gasteiger partial charge on any atom is -0.480 e. The van der Waals surface area contributed by atoms with Gasteiger partial charge in [0.15, 0.2) is 0 Å². The molecule has 0 bridgehead atoms. The van der Waals surface area contributed by atoms with Gasteiger partial charge in [-0.3, -0.25) is 4.79 Å². The number of carbonyl (C=O) groups is 2. The smallest absolute Gasteiger partial charge is 0.326 e. The number of hydrogen-bond donors (Lipinski definition) is 3. The average molecular weight is 305 g/mol. The van der Waals surface area contributed by atoms with Crippen LogP contribution in [0.25, 0.3) is 0 Å². The molecule has 0 saturated heterocycles. The third-order valence-electron chi connectivity index (χ3n) is 2.70. The lowest BCUT2D eigenvalue weighted by Gasteiger charge is -2.24. The van der Waals surface area contributed by atoms with Crippen molar-refractivity contribution < 1.29 is 19.8 Å². The van der Waals surface area contributed by atoms with Crippen molar-refractivity contribution in [2.45, 2.75) is 47.1 Å². The van der Waals surface area contributed by atoms with E-state index in [1.54, 1.807) is 25.6 Å². The summed E-state index contributed by atoms with van der Waals surface area (Å²) in [6.45, 7) is 9.22. The highest BCUT2D eigenvalue weighted by Crippen LogP contribution is 2.21. The summed E-state index contributed by atoms with van der Waals surface area (Å²) >= 11 is 1.68. The zero-order valence-electron chi connectivity index (χ0n) is 13.0. The molecule has 0 aliphatic heterocycles. The number of thioether (sulfide) groups is 1. The first-order valence-corrected chi connectivity index (χ1v) is 7.87. The SMILES string of the molecule is CC(C)(C)CSCCC(NC(=O)C(C)(C)CO)C(=O)O. The molecule has 0 aromatic heterocycles. The zero-order valence-corrected chi connectivity index (χ0v) is 13.8. The van der Waals surface area contributed by atoms with Crippen LogP contribution >= 0.6 is 11.8 Å². The van der Waals surface area contributed by atoms with Crippen molar-refractivity contribution in [2.75, 3.05) is 18.1 Å². The number of carbonyl (C=O) groups excluding carboxylic acids is 1. The summed E-state index contributed by atoms with van der Waals surface area (Å²) < 4.78 is 0. The van der Waals surface area contributed by atoms with E-state index in [-0.39, 0.29) is 12.0 Å². The Balaban J connectivity index is 4.32. The molecule has 0 radical (unpaired) electrons. The summed E-state index contributed by atoms with van der Waals surface area (Å²) in [5.41, 5.74) is -0.766. The first-order chi connectivity index (χ1) is 8.99. The van der Waals surface area contributed by atoms with Crippen LogP contribution < -0.4 is 5.32 Å². The molecule has 0 aromatic rings. The highest BCUT2D eigenvalue weighted by atomic mass is 32.2. The lowest BCUT2D eigenvalue weighted by Crippen LogP contribution is -2.48. The van der Waals surface area contributed by atoms with Gasteiger partial charge in [0.1, 0.15) is 6.04 Å². The third kappa shape index (κ3) is 7.75. The summed E-state index contributed by atoms with van der Waals surface area (Å²) in [5, 5.41) is 20.7. The fourth-order valence-electron chi connectivity index (χ4n) is 1.26. The molecule has 3 N–H and O–H groups in total. The minimum absolute atomic E-state index is 0.200. The first-order valence-electron chi connectivity index (χ1n) is 6.72. The van der Waals surface area contributed by atoms with Gasteiger partial charge in [0.2, 0.25) is 5.91 Å². The maximum atomic E-state index is 11.9. The third-order valence-corrected chi connectivity index (χ3v) is 4.29. The molecule has 1 amide bonds. The van der Waals surface area contributed by atoms with Crippen molar-refractivity contribution in [1.82, 2.24) is 5.32 Å². The number of nitrogens with one attached hydrogen (secondary N) is 1. The Labute approximate surface area is 125 Å². The second kappa shape index (κ2) is 7.88. The van der Waals surface area contributed by atoms with Crippen molar-refractivity contribution in [2.24, 2.45) is 10.8 Å². The number of aliphatic carboxylic acids is 1. The minimum atomic E-state index is -1.04. The highest BCUT2D eigenvalue weighted by molar-refractivity contribution is 7.99. The number of aliphatic hydroxyl groups is 1. The monoisotopic (exact) mass is 305 g/mol. The summed E-state index contributed by atoms with van der Waals surface area (Å²) in [4.78, 5) is 23.0. The van der Waals surface area contributed by atoms with Crippen LogP contribution in [0, 0.1) is 10.8 Å². The predicted octanol–water partition coefficient (Wildman–Crippen LogP) is 1.74. The van der Waals surface area contributed by atoms with E-state index in [1.165, 1.54) is 0 Å². The van der Waals surface area contributed by atoms with Gasteiger partial charge in [0.25, 0.3) is 0 Å². The molecule has 0 heterocycles. The molecule has 6 heteroatoms. The van der Waals surface area contributed by atoms with Gasteiger partial charge in [-0.15, -0.1) is 0 Å². The molecular weight excluding hydrogens is 278 g/mol. The number of rotatable bonds is 8. The molecule has 0 aromatic carbocycles. The van der Waals surface area contributed by atoms with E-state index in [4.69, 9.17) is 10.2 Å². The van der Waals surface area contributed by atoms with Gasteiger partial charge in [-0.2, -0.15) is 11.8 Å². The van der Waals surface area contributed by atoms with Crippen LogP contribution in [0.4, 0.5) is 0 Å². The number of aliphatic hydroxyl groups excluding tert-OH is 1. The lowest BCUT2D eigenvalue weighted by atomic mass is 9.93. The summed E-state index contributed by atoms with van der Waals surface area (Å²) in [6.07, 6.45) is 0.378. The topological polar surface area (TPSA) is 86.6 Å². The van der Waals surface area contributed by atoms with Gasteiger partial charge in [-0.05, 0) is 37.2 Å². The molecule has 0 aliphatic rings. The van der Waals surface area contributed by atoms with Gasteiger partial charge in [0, 0.05) is 0 Å². The molecular formula is C14H27NO4S.